The van der Waals surface area contributed by atoms with Crippen molar-refractivity contribution < 1.29 is 13.2 Å². The minimum absolute atomic E-state index is 0.217. The molecule has 4 aromatic heterocycles. The van der Waals surface area contributed by atoms with E-state index in [4.69, 9.17) is 19.8 Å². The second-order valence-corrected chi connectivity index (χ2v) is 14.2. The zero-order chi connectivity index (χ0) is 31.1. The molecule has 5 aromatic rings. The van der Waals surface area contributed by atoms with Gasteiger partial charge in [-0.15, -0.1) is 0 Å². The molecule has 45 heavy (non-hydrogen) atoms. The summed E-state index contributed by atoms with van der Waals surface area (Å²) in [5.41, 5.74) is 7.27. The molecule has 9 nitrogen and oxygen atoms in total. The Morgan fingerprint density at radius 3 is 2.40 bits per heavy atom. The third-order valence-electron chi connectivity index (χ3n) is 9.58. The summed E-state index contributed by atoms with van der Waals surface area (Å²) in [6.07, 6.45) is 11.4. The number of benzene rings is 1. The van der Waals surface area contributed by atoms with Gasteiger partial charge in [0, 0.05) is 72.7 Å². The van der Waals surface area contributed by atoms with Gasteiger partial charge in [-0.1, -0.05) is 25.1 Å². The number of ether oxygens (including phenoxy) is 1. The van der Waals surface area contributed by atoms with E-state index in [0.717, 1.165) is 92.0 Å². The molecule has 0 amide bonds. The Morgan fingerprint density at radius 1 is 0.933 bits per heavy atom. The number of pyridine rings is 2. The SMILES string of the molecule is CCN1CCC(n2cc(-c3cn(S(=O)(=O)c4ccccc4)c4ncc(-c5cc(C)c(C6CCOCC6)c(C)n5)cc34)cn2)CC1. The average molecular weight is 625 g/mol. The average Bonchev–Trinajstić information content (AvgIpc) is 3.71. The Bertz CT molecular complexity index is 1910. The van der Waals surface area contributed by atoms with E-state index in [-0.39, 0.29) is 4.90 Å². The molecule has 234 valence electrons. The van der Waals surface area contributed by atoms with Crippen LogP contribution in [0.2, 0.25) is 0 Å². The third kappa shape index (κ3) is 5.60. The lowest BCUT2D eigenvalue weighted by Gasteiger charge is -2.31. The van der Waals surface area contributed by atoms with E-state index in [1.807, 2.05) is 18.3 Å². The number of hydrogen-bond donors (Lipinski definition) is 0. The molecule has 10 heteroatoms. The molecule has 0 N–H and O–H groups in total. The number of hydrogen-bond acceptors (Lipinski definition) is 7. The van der Waals surface area contributed by atoms with Gasteiger partial charge in [-0.25, -0.2) is 17.4 Å². The van der Waals surface area contributed by atoms with Crippen LogP contribution in [0.5, 0.6) is 0 Å². The second kappa shape index (κ2) is 12.2. The second-order valence-electron chi connectivity index (χ2n) is 12.3. The number of fused-ring (bicyclic) bond motifs is 1. The van der Waals surface area contributed by atoms with E-state index in [9.17, 15) is 8.42 Å². The van der Waals surface area contributed by atoms with Gasteiger partial charge >= 0.3 is 0 Å². The topological polar surface area (TPSA) is 95.1 Å². The minimum Gasteiger partial charge on any atom is -0.381 e. The molecule has 0 spiro atoms. The predicted octanol–water partition coefficient (Wildman–Crippen LogP) is 6.37. The number of nitrogens with zero attached hydrogens (tertiary/aromatic N) is 6. The van der Waals surface area contributed by atoms with Crippen LogP contribution in [0, 0.1) is 13.8 Å². The number of piperidine rings is 1. The Balaban J connectivity index is 1.32. The standard InChI is InChI=1S/C35H40N6O3S/c1-4-39-14-10-29(11-15-39)40-22-28(21-37-40)32-23-41(45(42,43)30-8-6-5-7-9-30)35-31(32)19-27(20-36-35)33-18-24(2)34(25(3)38-33)26-12-16-44-17-13-26/h5-9,18-23,26,29H,4,10-17H2,1-3H3. The molecule has 0 unspecified atom stereocenters. The van der Waals surface area contributed by atoms with E-state index in [1.54, 1.807) is 36.7 Å². The number of likely N-dealkylation sites (tertiary alicyclic amines) is 1. The van der Waals surface area contributed by atoms with Gasteiger partial charge in [0.2, 0.25) is 0 Å². The normalized spacial score (nSPS) is 17.3. The predicted molar refractivity (Wildman–Crippen MR) is 176 cm³/mol. The number of aromatic nitrogens is 5. The van der Waals surface area contributed by atoms with Crippen LogP contribution in [0.4, 0.5) is 0 Å². The maximum Gasteiger partial charge on any atom is 0.269 e. The Labute approximate surface area is 264 Å². The first kappa shape index (κ1) is 29.8. The Kier molecular flexibility index (Phi) is 8.05. The lowest BCUT2D eigenvalue weighted by Crippen LogP contribution is -2.34. The first-order valence-electron chi connectivity index (χ1n) is 16.0. The van der Waals surface area contributed by atoms with Crippen molar-refractivity contribution >= 4 is 21.1 Å². The zero-order valence-corrected chi connectivity index (χ0v) is 27.0. The molecule has 0 atom stereocenters. The molecule has 0 radical (unpaired) electrons. The van der Waals surface area contributed by atoms with Crippen molar-refractivity contribution in [2.45, 2.75) is 63.3 Å². The summed E-state index contributed by atoms with van der Waals surface area (Å²) in [7, 11) is -3.89. The number of rotatable bonds is 7. The van der Waals surface area contributed by atoms with Crippen LogP contribution in [0.1, 0.15) is 61.4 Å². The van der Waals surface area contributed by atoms with Crippen molar-refractivity contribution in [2.75, 3.05) is 32.8 Å². The van der Waals surface area contributed by atoms with Crippen molar-refractivity contribution in [3.8, 4) is 22.4 Å². The van der Waals surface area contributed by atoms with Gasteiger partial charge in [0.1, 0.15) is 0 Å². The fraction of sp³-hybridized carbons (Fsp3) is 0.400. The van der Waals surface area contributed by atoms with Gasteiger partial charge in [-0.2, -0.15) is 5.10 Å². The number of aryl methyl sites for hydroxylation is 2. The molecular weight excluding hydrogens is 584 g/mol. The summed E-state index contributed by atoms with van der Waals surface area (Å²) in [5.74, 6) is 0.454. The van der Waals surface area contributed by atoms with Crippen LogP contribution in [0.25, 0.3) is 33.4 Å². The highest BCUT2D eigenvalue weighted by Crippen LogP contribution is 2.37. The third-order valence-corrected chi connectivity index (χ3v) is 11.2. The molecule has 0 bridgehead atoms. The fourth-order valence-corrected chi connectivity index (χ4v) is 8.45. The molecule has 2 fully saturated rings. The van der Waals surface area contributed by atoms with Crippen LogP contribution in [-0.4, -0.2) is 69.9 Å². The van der Waals surface area contributed by atoms with Gasteiger partial charge in [-0.05, 0) is 87.4 Å². The monoisotopic (exact) mass is 624 g/mol. The molecule has 7 rings (SSSR count). The summed E-state index contributed by atoms with van der Waals surface area (Å²) < 4.78 is 36.8. The van der Waals surface area contributed by atoms with Crippen LogP contribution < -0.4 is 0 Å². The van der Waals surface area contributed by atoms with Crippen molar-refractivity contribution in [3.63, 3.8) is 0 Å². The first-order valence-corrected chi connectivity index (χ1v) is 17.4. The largest absolute Gasteiger partial charge is 0.381 e. The molecule has 0 aliphatic carbocycles. The summed E-state index contributed by atoms with van der Waals surface area (Å²) in [4.78, 5) is 12.5. The van der Waals surface area contributed by atoms with Crippen LogP contribution in [0.15, 0.2) is 72.1 Å². The van der Waals surface area contributed by atoms with E-state index >= 15 is 0 Å². The first-order chi connectivity index (χ1) is 21.8. The highest BCUT2D eigenvalue weighted by atomic mass is 32.2. The summed E-state index contributed by atoms with van der Waals surface area (Å²) >= 11 is 0. The quantitative estimate of drug-likeness (QED) is 0.208. The lowest BCUT2D eigenvalue weighted by atomic mass is 9.87. The molecular formula is C35H40N6O3S. The molecule has 1 aromatic carbocycles. The van der Waals surface area contributed by atoms with Crippen LogP contribution in [-0.2, 0) is 14.8 Å². The zero-order valence-electron chi connectivity index (χ0n) is 26.2. The molecule has 6 heterocycles. The summed E-state index contributed by atoms with van der Waals surface area (Å²) in [6.45, 7) is 11.2. The van der Waals surface area contributed by atoms with E-state index < -0.39 is 10.0 Å². The van der Waals surface area contributed by atoms with Gasteiger partial charge < -0.3 is 9.64 Å². The van der Waals surface area contributed by atoms with Crippen molar-refractivity contribution in [1.82, 2.24) is 28.6 Å². The van der Waals surface area contributed by atoms with E-state index in [1.165, 1.54) is 15.1 Å². The molecule has 2 saturated heterocycles. The molecule has 2 aliphatic heterocycles. The highest BCUT2D eigenvalue weighted by Gasteiger charge is 2.26. The molecule has 2 aliphatic rings. The van der Waals surface area contributed by atoms with Gasteiger partial charge in [0.15, 0.2) is 5.65 Å². The van der Waals surface area contributed by atoms with Crippen LogP contribution in [0.3, 0.4) is 0 Å². The van der Waals surface area contributed by atoms with Gasteiger partial charge in [0.05, 0.1) is 22.8 Å². The molecule has 0 saturated carbocycles. The van der Waals surface area contributed by atoms with Crippen LogP contribution >= 0.6 is 0 Å². The van der Waals surface area contributed by atoms with E-state index in [2.05, 4.69) is 42.6 Å². The van der Waals surface area contributed by atoms with Gasteiger partial charge in [-0.3, -0.25) is 9.67 Å². The highest BCUT2D eigenvalue weighted by molar-refractivity contribution is 7.90. The Morgan fingerprint density at radius 2 is 1.69 bits per heavy atom. The van der Waals surface area contributed by atoms with Crippen molar-refractivity contribution in [2.24, 2.45) is 0 Å². The van der Waals surface area contributed by atoms with Crippen molar-refractivity contribution in [3.05, 3.63) is 84.1 Å². The maximum absolute atomic E-state index is 13.9. The smallest absolute Gasteiger partial charge is 0.269 e. The van der Waals surface area contributed by atoms with E-state index in [0.29, 0.717) is 17.6 Å². The maximum atomic E-state index is 13.9. The Hall–Kier alpha value is -3.86. The van der Waals surface area contributed by atoms with Gasteiger partial charge in [0.25, 0.3) is 10.0 Å². The lowest BCUT2D eigenvalue weighted by molar-refractivity contribution is 0.0850. The van der Waals surface area contributed by atoms with Crippen molar-refractivity contribution in [1.29, 1.82) is 0 Å². The minimum atomic E-state index is -3.89. The fourth-order valence-electron chi connectivity index (χ4n) is 7.11. The summed E-state index contributed by atoms with van der Waals surface area (Å²) in [6, 6.07) is 13.0. The summed E-state index contributed by atoms with van der Waals surface area (Å²) in [5, 5.41) is 5.51.